The number of hydrogen-bond acceptors (Lipinski definition) is 3. The van der Waals surface area contributed by atoms with Crippen LogP contribution in [-0.4, -0.2) is 37.6 Å². The Morgan fingerprint density at radius 1 is 1.36 bits per heavy atom. The quantitative estimate of drug-likeness (QED) is 0.625. The Hall–Kier alpha value is -0.570. The van der Waals surface area contributed by atoms with Crippen LogP contribution in [0.15, 0.2) is 0 Å². The smallest absolute Gasteiger partial charge is 0.310 e. The van der Waals surface area contributed by atoms with E-state index in [-0.39, 0.29) is 18.0 Å². The van der Waals surface area contributed by atoms with Crippen LogP contribution >= 0.6 is 0 Å². The van der Waals surface area contributed by atoms with E-state index in [1.165, 1.54) is 19.3 Å². The number of fused-ring (bicyclic) bond motifs is 1. The van der Waals surface area contributed by atoms with Crippen LogP contribution in [0.2, 0.25) is 0 Å². The number of hydrogen-bond donors (Lipinski definition) is 0. The molecule has 0 aromatic heterocycles. The van der Waals surface area contributed by atoms with Gasteiger partial charge < -0.3 is 9.64 Å². The lowest BCUT2D eigenvalue weighted by Crippen LogP contribution is -2.31. The lowest BCUT2D eigenvalue weighted by atomic mass is 9.80. The third-order valence-electron chi connectivity index (χ3n) is 3.40. The van der Waals surface area contributed by atoms with Crippen LogP contribution in [0, 0.1) is 11.8 Å². The van der Waals surface area contributed by atoms with E-state index in [2.05, 4.69) is 4.90 Å². The van der Waals surface area contributed by atoms with Crippen LogP contribution in [0.5, 0.6) is 0 Å². The third kappa shape index (κ3) is 1.78. The number of rotatable bonds is 2. The van der Waals surface area contributed by atoms with Crippen molar-refractivity contribution < 1.29 is 9.53 Å². The average molecular weight is 197 g/mol. The average Bonchev–Trinajstić information content (AvgIpc) is 2.43. The van der Waals surface area contributed by atoms with Crippen molar-refractivity contribution in [2.24, 2.45) is 11.8 Å². The summed E-state index contributed by atoms with van der Waals surface area (Å²) < 4.78 is 5.41. The SMILES string of the molecule is CN(C)CC1C(=O)OC2CCCCC21. The first kappa shape index (κ1) is 9.97. The Morgan fingerprint density at radius 3 is 2.79 bits per heavy atom. The molecule has 80 valence electrons. The molecule has 3 atom stereocenters. The number of carbonyl (C=O) groups excluding carboxylic acids is 1. The first-order valence-corrected chi connectivity index (χ1v) is 5.53. The van der Waals surface area contributed by atoms with E-state index in [1.807, 2.05) is 14.1 Å². The Balaban J connectivity index is 2.04. The molecule has 1 aliphatic heterocycles. The summed E-state index contributed by atoms with van der Waals surface area (Å²) in [6.07, 6.45) is 4.99. The third-order valence-corrected chi connectivity index (χ3v) is 3.40. The van der Waals surface area contributed by atoms with Crippen molar-refractivity contribution in [3.8, 4) is 0 Å². The zero-order valence-electron chi connectivity index (χ0n) is 9.03. The number of esters is 1. The second-order valence-electron chi connectivity index (χ2n) is 4.79. The standard InChI is InChI=1S/C11H19NO2/c1-12(2)7-9-8-5-3-4-6-10(8)14-11(9)13/h8-10H,3-7H2,1-2H3. The molecule has 1 saturated heterocycles. The molecule has 0 bridgehead atoms. The van der Waals surface area contributed by atoms with Crippen LogP contribution in [0.1, 0.15) is 25.7 Å². The molecule has 1 saturated carbocycles. The van der Waals surface area contributed by atoms with Crippen molar-refractivity contribution in [2.75, 3.05) is 20.6 Å². The minimum absolute atomic E-state index is 0.0376. The van der Waals surface area contributed by atoms with Gasteiger partial charge in [0.2, 0.25) is 0 Å². The fourth-order valence-electron chi connectivity index (χ4n) is 2.75. The van der Waals surface area contributed by atoms with Gasteiger partial charge in [-0.25, -0.2) is 0 Å². The van der Waals surface area contributed by atoms with Crippen LogP contribution in [0.4, 0.5) is 0 Å². The van der Waals surface area contributed by atoms with Crippen molar-refractivity contribution >= 4 is 5.97 Å². The van der Waals surface area contributed by atoms with E-state index in [0.29, 0.717) is 5.92 Å². The Bertz CT molecular complexity index is 227. The predicted octanol–water partition coefficient (Wildman–Crippen LogP) is 1.28. The van der Waals surface area contributed by atoms with Gasteiger partial charge in [-0.2, -0.15) is 0 Å². The molecule has 1 aliphatic carbocycles. The highest BCUT2D eigenvalue weighted by Gasteiger charge is 2.45. The first-order valence-electron chi connectivity index (χ1n) is 5.53. The monoisotopic (exact) mass is 197 g/mol. The fraction of sp³-hybridized carbons (Fsp3) is 0.909. The minimum Gasteiger partial charge on any atom is -0.462 e. The molecule has 0 amide bonds. The Kier molecular flexibility index (Phi) is 2.77. The van der Waals surface area contributed by atoms with Gasteiger partial charge in [0.15, 0.2) is 0 Å². The molecule has 2 fully saturated rings. The van der Waals surface area contributed by atoms with Gasteiger partial charge in [-0.15, -0.1) is 0 Å². The van der Waals surface area contributed by atoms with Crippen LogP contribution < -0.4 is 0 Å². The second-order valence-corrected chi connectivity index (χ2v) is 4.79. The number of ether oxygens (including phenoxy) is 1. The van der Waals surface area contributed by atoms with Gasteiger partial charge in [-0.05, 0) is 33.4 Å². The summed E-state index contributed by atoms with van der Waals surface area (Å²) in [5.41, 5.74) is 0. The molecular weight excluding hydrogens is 178 g/mol. The molecule has 3 heteroatoms. The van der Waals surface area contributed by atoms with Crippen molar-refractivity contribution in [2.45, 2.75) is 31.8 Å². The zero-order chi connectivity index (χ0) is 10.1. The van der Waals surface area contributed by atoms with E-state index in [1.54, 1.807) is 0 Å². The van der Waals surface area contributed by atoms with Gasteiger partial charge in [0.1, 0.15) is 6.10 Å². The summed E-state index contributed by atoms with van der Waals surface area (Å²) >= 11 is 0. The minimum atomic E-state index is 0.0376. The van der Waals surface area contributed by atoms with Gasteiger partial charge in [0.05, 0.1) is 5.92 Å². The van der Waals surface area contributed by atoms with Gasteiger partial charge in [0.25, 0.3) is 0 Å². The maximum absolute atomic E-state index is 11.6. The van der Waals surface area contributed by atoms with Gasteiger partial charge >= 0.3 is 5.97 Å². The topological polar surface area (TPSA) is 29.5 Å². The molecule has 0 aromatic carbocycles. The molecule has 0 radical (unpaired) electrons. The highest BCUT2D eigenvalue weighted by atomic mass is 16.6. The van der Waals surface area contributed by atoms with Gasteiger partial charge in [-0.1, -0.05) is 6.42 Å². The summed E-state index contributed by atoms with van der Waals surface area (Å²) in [5, 5.41) is 0. The van der Waals surface area contributed by atoms with Crippen LogP contribution in [-0.2, 0) is 9.53 Å². The Morgan fingerprint density at radius 2 is 2.07 bits per heavy atom. The number of carbonyl (C=O) groups is 1. The van der Waals surface area contributed by atoms with E-state index in [0.717, 1.165) is 13.0 Å². The van der Waals surface area contributed by atoms with E-state index < -0.39 is 0 Å². The highest BCUT2D eigenvalue weighted by Crippen LogP contribution is 2.38. The second kappa shape index (κ2) is 3.89. The molecule has 0 aromatic rings. The molecular formula is C11H19NO2. The predicted molar refractivity (Wildman–Crippen MR) is 53.9 cm³/mol. The van der Waals surface area contributed by atoms with E-state index in [9.17, 15) is 4.79 Å². The normalized spacial score (nSPS) is 37.1. The maximum atomic E-state index is 11.6. The Labute approximate surface area is 85.4 Å². The molecule has 0 spiro atoms. The summed E-state index contributed by atoms with van der Waals surface area (Å²) in [7, 11) is 4.03. The molecule has 0 N–H and O–H groups in total. The largest absolute Gasteiger partial charge is 0.462 e. The van der Waals surface area contributed by atoms with Gasteiger partial charge in [-0.3, -0.25) is 4.79 Å². The zero-order valence-corrected chi connectivity index (χ0v) is 9.03. The van der Waals surface area contributed by atoms with Crippen LogP contribution in [0.25, 0.3) is 0 Å². The summed E-state index contributed by atoms with van der Waals surface area (Å²) in [4.78, 5) is 13.7. The molecule has 14 heavy (non-hydrogen) atoms. The molecule has 2 aliphatic rings. The van der Waals surface area contributed by atoms with E-state index >= 15 is 0 Å². The summed E-state index contributed by atoms with van der Waals surface area (Å²) in [6.45, 7) is 0.847. The number of nitrogens with zero attached hydrogens (tertiary/aromatic N) is 1. The molecule has 1 heterocycles. The van der Waals surface area contributed by atoms with Crippen molar-refractivity contribution in [1.82, 2.24) is 4.90 Å². The maximum Gasteiger partial charge on any atom is 0.310 e. The molecule has 3 unspecified atom stereocenters. The van der Waals surface area contributed by atoms with Crippen molar-refractivity contribution in [1.29, 1.82) is 0 Å². The molecule has 3 nitrogen and oxygen atoms in total. The summed E-state index contributed by atoms with van der Waals surface area (Å²) in [6, 6.07) is 0. The fourth-order valence-corrected chi connectivity index (χ4v) is 2.75. The summed E-state index contributed by atoms with van der Waals surface area (Å²) in [5.74, 6) is 0.671. The first-order chi connectivity index (χ1) is 6.68. The lowest BCUT2D eigenvalue weighted by Gasteiger charge is -2.26. The molecule has 2 rings (SSSR count). The van der Waals surface area contributed by atoms with Crippen LogP contribution in [0.3, 0.4) is 0 Å². The van der Waals surface area contributed by atoms with Gasteiger partial charge in [0, 0.05) is 12.5 Å². The van der Waals surface area contributed by atoms with Crippen molar-refractivity contribution in [3.63, 3.8) is 0 Å². The lowest BCUT2D eigenvalue weighted by molar-refractivity contribution is -0.144. The van der Waals surface area contributed by atoms with Crippen molar-refractivity contribution in [3.05, 3.63) is 0 Å². The highest BCUT2D eigenvalue weighted by molar-refractivity contribution is 5.75. The van der Waals surface area contributed by atoms with E-state index in [4.69, 9.17) is 4.74 Å².